The van der Waals surface area contributed by atoms with E-state index in [4.69, 9.17) is 4.74 Å². The fraction of sp³-hybridized carbons (Fsp3) is 0.273. The highest BCUT2D eigenvalue weighted by molar-refractivity contribution is 5.58. The summed E-state index contributed by atoms with van der Waals surface area (Å²) in [6, 6.07) is 4.69. The Kier molecular flexibility index (Phi) is 4.32. The summed E-state index contributed by atoms with van der Waals surface area (Å²) in [5.74, 6) is 0.279. The van der Waals surface area contributed by atoms with Crippen molar-refractivity contribution in [3.63, 3.8) is 0 Å². The van der Waals surface area contributed by atoms with Gasteiger partial charge in [-0.05, 0) is 13.0 Å². The fourth-order valence-electron chi connectivity index (χ4n) is 1.24. The summed E-state index contributed by atoms with van der Waals surface area (Å²) in [5, 5.41) is 13.7. The molecule has 5 heteroatoms. The predicted molar refractivity (Wildman–Crippen MR) is 63.0 cm³/mol. The SMILES string of the molecule is C=CCNc1ccc([N+](=O)[O-])c(OCC)c1. The number of hydrogen-bond donors (Lipinski definition) is 1. The molecule has 0 bridgehead atoms. The van der Waals surface area contributed by atoms with Crippen molar-refractivity contribution in [2.24, 2.45) is 0 Å². The van der Waals surface area contributed by atoms with Gasteiger partial charge in [0.2, 0.25) is 0 Å². The first-order valence-electron chi connectivity index (χ1n) is 4.95. The molecule has 1 rings (SSSR count). The van der Waals surface area contributed by atoms with E-state index in [1.165, 1.54) is 6.07 Å². The Morgan fingerprint density at radius 3 is 2.94 bits per heavy atom. The van der Waals surface area contributed by atoms with Crippen LogP contribution in [0.3, 0.4) is 0 Å². The van der Waals surface area contributed by atoms with E-state index in [2.05, 4.69) is 11.9 Å². The first-order chi connectivity index (χ1) is 7.69. The fourth-order valence-corrected chi connectivity index (χ4v) is 1.24. The third-order valence-corrected chi connectivity index (χ3v) is 1.91. The molecule has 0 atom stereocenters. The number of ether oxygens (including phenoxy) is 1. The van der Waals surface area contributed by atoms with Gasteiger partial charge in [0.05, 0.1) is 11.5 Å². The Morgan fingerprint density at radius 2 is 2.38 bits per heavy atom. The van der Waals surface area contributed by atoms with Gasteiger partial charge < -0.3 is 10.1 Å². The van der Waals surface area contributed by atoms with Crippen molar-refractivity contribution in [2.45, 2.75) is 6.92 Å². The van der Waals surface area contributed by atoms with Gasteiger partial charge in [0.15, 0.2) is 5.75 Å². The smallest absolute Gasteiger partial charge is 0.311 e. The molecule has 0 unspecified atom stereocenters. The van der Waals surface area contributed by atoms with Crippen LogP contribution in [-0.4, -0.2) is 18.1 Å². The summed E-state index contributed by atoms with van der Waals surface area (Å²) in [5.41, 5.74) is 0.750. The molecule has 0 fully saturated rings. The van der Waals surface area contributed by atoms with E-state index in [1.54, 1.807) is 25.1 Å². The maximum atomic E-state index is 10.7. The summed E-state index contributed by atoms with van der Waals surface area (Å²) in [6.45, 7) is 6.36. The van der Waals surface area contributed by atoms with Crippen LogP contribution in [0.5, 0.6) is 5.75 Å². The Morgan fingerprint density at radius 1 is 1.62 bits per heavy atom. The lowest BCUT2D eigenvalue weighted by molar-refractivity contribution is -0.385. The molecule has 0 aromatic heterocycles. The quantitative estimate of drug-likeness (QED) is 0.456. The van der Waals surface area contributed by atoms with Crippen LogP contribution in [0.2, 0.25) is 0 Å². The summed E-state index contributed by atoms with van der Waals surface area (Å²) in [7, 11) is 0. The third kappa shape index (κ3) is 2.98. The molecule has 5 nitrogen and oxygen atoms in total. The number of nitro groups is 1. The van der Waals surface area contributed by atoms with Gasteiger partial charge in [-0.25, -0.2) is 0 Å². The van der Waals surface area contributed by atoms with Crippen molar-refractivity contribution < 1.29 is 9.66 Å². The van der Waals surface area contributed by atoms with Crippen LogP contribution >= 0.6 is 0 Å². The number of nitrogens with one attached hydrogen (secondary N) is 1. The van der Waals surface area contributed by atoms with Crippen LogP contribution in [0.4, 0.5) is 11.4 Å². The molecule has 86 valence electrons. The van der Waals surface area contributed by atoms with Crippen molar-refractivity contribution in [3.8, 4) is 5.75 Å². The van der Waals surface area contributed by atoms with E-state index >= 15 is 0 Å². The number of hydrogen-bond acceptors (Lipinski definition) is 4. The van der Waals surface area contributed by atoms with Crippen molar-refractivity contribution in [3.05, 3.63) is 41.0 Å². The Bertz CT molecular complexity index is 391. The van der Waals surface area contributed by atoms with Crippen LogP contribution in [-0.2, 0) is 0 Å². The topological polar surface area (TPSA) is 64.4 Å². The van der Waals surface area contributed by atoms with Crippen molar-refractivity contribution >= 4 is 11.4 Å². The van der Waals surface area contributed by atoms with Gasteiger partial charge >= 0.3 is 5.69 Å². The Balaban J connectivity index is 2.96. The average Bonchev–Trinajstić information content (AvgIpc) is 2.26. The molecule has 0 aliphatic carbocycles. The van der Waals surface area contributed by atoms with E-state index in [-0.39, 0.29) is 11.4 Å². The molecule has 0 saturated carbocycles. The molecule has 0 radical (unpaired) electrons. The zero-order chi connectivity index (χ0) is 12.0. The molecule has 1 aromatic rings. The number of nitro benzene ring substituents is 1. The van der Waals surface area contributed by atoms with E-state index in [1.807, 2.05) is 0 Å². The van der Waals surface area contributed by atoms with Gasteiger partial charge in [-0.15, -0.1) is 6.58 Å². The maximum absolute atomic E-state index is 10.7. The normalized spacial score (nSPS) is 9.56. The molecule has 1 N–H and O–H groups in total. The first kappa shape index (κ1) is 12.0. The summed E-state index contributed by atoms with van der Waals surface area (Å²) >= 11 is 0. The number of nitrogens with zero attached hydrogens (tertiary/aromatic N) is 1. The third-order valence-electron chi connectivity index (χ3n) is 1.91. The van der Waals surface area contributed by atoms with Crippen LogP contribution in [0.1, 0.15) is 6.92 Å². The van der Waals surface area contributed by atoms with Crippen LogP contribution < -0.4 is 10.1 Å². The summed E-state index contributed by atoms with van der Waals surface area (Å²) in [6.07, 6.45) is 1.71. The minimum absolute atomic E-state index is 0.0222. The number of anilines is 1. The average molecular weight is 222 g/mol. The van der Waals surface area contributed by atoms with Crippen molar-refractivity contribution in [1.29, 1.82) is 0 Å². The highest BCUT2D eigenvalue weighted by Gasteiger charge is 2.14. The molecule has 0 aliphatic heterocycles. The summed E-state index contributed by atoms with van der Waals surface area (Å²) < 4.78 is 5.21. The lowest BCUT2D eigenvalue weighted by Crippen LogP contribution is -2.01. The Labute approximate surface area is 93.9 Å². The minimum atomic E-state index is -0.456. The van der Waals surface area contributed by atoms with Gasteiger partial charge in [-0.3, -0.25) is 10.1 Å². The molecule has 0 aliphatic rings. The number of rotatable bonds is 6. The minimum Gasteiger partial charge on any atom is -0.487 e. The van der Waals surface area contributed by atoms with Gasteiger partial charge in [-0.1, -0.05) is 6.08 Å². The monoisotopic (exact) mass is 222 g/mol. The number of benzene rings is 1. The molecule has 0 amide bonds. The van der Waals surface area contributed by atoms with E-state index < -0.39 is 4.92 Å². The van der Waals surface area contributed by atoms with Gasteiger partial charge in [0.1, 0.15) is 0 Å². The predicted octanol–water partition coefficient (Wildman–Crippen LogP) is 2.59. The van der Waals surface area contributed by atoms with Gasteiger partial charge in [-0.2, -0.15) is 0 Å². The first-order valence-corrected chi connectivity index (χ1v) is 4.95. The van der Waals surface area contributed by atoms with E-state index in [0.29, 0.717) is 13.2 Å². The standard InChI is InChI=1S/C11H14N2O3/c1-3-7-12-9-5-6-10(13(14)15)11(8-9)16-4-2/h3,5-6,8,12H,1,4,7H2,2H3. The van der Waals surface area contributed by atoms with Crippen LogP contribution in [0.15, 0.2) is 30.9 Å². The highest BCUT2D eigenvalue weighted by atomic mass is 16.6. The van der Waals surface area contributed by atoms with Gasteiger partial charge in [0, 0.05) is 24.4 Å². The molecule has 0 heterocycles. The zero-order valence-electron chi connectivity index (χ0n) is 9.10. The molecule has 0 saturated heterocycles. The second-order valence-corrected chi connectivity index (χ2v) is 3.04. The van der Waals surface area contributed by atoms with Gasteiger partial charge in [0.25, 0.3) is 0 Å². The van der Waals surface area contributed by atoms with Crippen molar-refractivity contribution in [1.82, 2.24) is 0 Å². The second-order valence-electron chi connectivity index (χ2n) is 3.04. The zero-order valence-corrected chi connectivity index (χ0v) is 9.10. The van der Waals surface area contributed by atoms with E-state index in [9.17, 15) is 10.1 Å². The van der Waals surface area contributed by atoms with Crippen molar-refractivity contribution in [2.75, 3.05) is 18.5 Å². The summed E-state index contributed by atoms with van der Waals surface area (Å²) in [4.78, 5) is 10.3. The van der Waals surface area contributed by atoms with E-state index in [0.717, 1.165) is 5.69 Å². The molecule has 0 spiro atoms. The molecular formula is C11H14N2O3. The molecule has 16 heavy (non-hydrogen) atoms. The largest absolute Gasteiger partial charge is 0.487 e. The van der Waals surface area contributed by atoms with Crippen LogP contribution in [0, 0.1) is 10.1 Å². The Hall–Kier alpha value is -2.04. The lowest BCUT2D eigenvalue weighted by atomic mass is 10.2. The maximum Gasteiger partial charge on any atom is 0.311 e. The lowest BCUT2D eigenvalue weighted by Gasteiger charge is -2.07. The molecular weight excluding hydrogens is 208 g/mol. The van der Waals surface area contributed by atoms with Crippen LogP contribution in [0.25, 0.3) is 0 Å². The molecule has 1 aromatic carbocycles. The highest BCUT2D eigenvalue weighted by Crippen LogP contribution is 2.29. The second kappa shape index (κ2) is 5.75.